The van der Waals surface area contributed by atoms with E-state index < -0.39 is 0 Å². The average molecular weight is 394 g/mol. The van der Waals surface area contributed by atoms with Crippen molar-refractivity contribution in [2.75, 3.05) is 85.8 Å². The molecule has 1 N–H and O–H groups in total. The van der Waals surface area contributed by atoms with Crippen LogP contribution in [-0.2, 0) is 28.4 Å². The first-order chi connectivity index (χ1) is 13.2. The van der Waals surface area contributed by atoms with E-state index in [1.807, 2.05) is 0 Å². The Hall–Kier alpha value is -0.280. The molecule has 164 valence electrons. The molecule has 27 heavy (non-hydrogen) atoms. The molecule has 0 aromatic rings. The van der Waals surface area contributed by atoms with Gasteiger partial charge in [0.05, 0.1) is 78.8 Å². The minimum atomic E-state index is 0.301. The second-order valence-corrected chi connectivity index (χ2v) is 6.75. The van der Waals surface area contributed by atoms with Gasteiger partial charge in [-0.2, -0.15) is 0 Å². The molecular formula is C20H43NO6. The summed E-state index contributed by atoms with van der Waals surface area (Å²) < 4.78 is 32.7. The highest BCUT2D eigenvalue weighted by atomic mass is 16.6. The lowest BCUT2D eigenvalue weighted by Gasteiger charge is -2.11. The summed E-state index contributed by atoms with van der Waals surface area (Å²) in [5, 5.41) is 3.33. The molecule has 0 aromatic heterocycles. The summed E-state index contributed by atoms with van der Waals surface area (Å²) in [6, 6.07) is 0. The van der Waals surface area contributed by atoms with Crippen molar-refractivity contribution in [2.45, 2.75) is 40.2 Å². The minimum Gasteiger partial charge on any atom is -0.378 e. The minimum absolute atomic E-state index is 0.301. The zero-order valence-corrected chi connectivity index (χ0v) is 18.0. The molecule has 0 aliphatic rings. The topological polar surface area (TPSA) is 67.4 Å². The molecule has 0 amide bonds. The van der Waals surface area contributed by atoms with Crippen molar-refractivity contribution in [2.24, 2.45) is 5.92 Å². The zero-order valence-electron chi connectivity index (χ0n) is 18.0. The van der Waals surface area contributed by atoms with Crippen molar-refractivity contribution in [3.8, 4) is 0 Å². The zero-order chi connectivity index (χ0) is 20.0. The smallest absolute Gasteiger partial charge is 0.0704 e. The molecule has 0 heterocycles. The first-order valence-electron chi connectivity index (χ1n) is 10.4. The molecule has 0 rings (SSSR count). The van der Waals surface area contributed by atoms with Gasteiger partial charge in [0.15, 0.2) is 0 Å². The Labute approximate surface area is 166 Å². The van der Waals surface area contributed by atoms with E-state index in [4.69, 9.17) is 28.4 Å². The lowest BCUT2D eigenvalue weighted by Crippen LogP contribution is -2.24. The van der Waals surface area contributed by atoms with Crippen LogP contribution in [0.5, 0.6) is 0 Å². The van der Waals surface area contributed by atoms with Crippen LogP contribution in [0.2, 0.25) is 0 Å². The standard InChI is InChI=1S/C20H43NO6/c1-5-20(4)27-17-16-26-15-14-25-13-12-24-11-10-23-9-8-22-7-6-21-18-19(2)3/h19-21H,5-18H2,1-4H3. The van der Waals surface area contributed by atoms with Gasteiger partial charge in [0.25, 0.3) is 0 Å². The monoisotopic (exact) mass is 393 g/mol. The molecule has 0 radical (unpaired) electrons. The van der Waals surface area contributed by atoms with Crippen molar-refractivity contribution >= 4 is 0 Å². The summed E-state index contributed by atoms with van der Waals surface area (Å²) in [6.07, 6.45) is 1.33. The lowest BCUT2D eigenvalue weighted by atomic mass is 10.2. The van der Waals surface area contributed by atoms with Crippen LogP contribution in [-0.4, -0.2) is 91.9 Å². The Morgan fingerprint density at radius 2 is 1.00 bits per heavy atom. The van der Waals surface area contributed by atoms with Crippen LogP contribution in [0.1, 0.15) is 34.1 Å². The van der Waals surface area contributed by atoms with E-state index in [0.29, 0.717) is 78.1 Å². The molecular weight excluding hydrogens is 350 g/mol. The molecule has 0 spiro atoms. The Morgan fingerprint density at radius 3 is 1.41 bits per heavy atom. The van der Waals surface area contributed by atoms with Crippen molar-refractivity contribution in [1.29, 1.82) is 0 Å². The summed E-state index contributed by atoms with van der Waals surface area (Å²) >= 11 is 0. The van der Waals surface area contributed by atoms with E-state index >= 15 is 0 Å². The van der Waals surface area contributed by atoms with Crippen LogP contribution in [0.4, 0.5) is 0 Å². The molecule has 0 saturated carbocycles. The SMILES string of the molecule is CCC(C)OCCOCCOCCOCCOCCOCCNCC(C)C. The first-order valence-corrected chi connectivity index (χ1v) is 10.4. The fourth-order valence-electron chi connectivity index (χ4n) is 1.94. The van der Waals surface area contributed by atoms with E-state index in [2.05, 4.69) is 33.0 Å². The summed E-state index contributed by atoms with van der Waals surface area (Å²) in [7, 11) is 0. The van der Waals surface area contributed by atoms with Gasteiger partial charge in [-0.1, -0.05) is 20.8 Å². The Kier molecular flexibility index (Phi) is 21.8. The predicted octanol–water partition coefficient (Wildman–Crippen LogP) is 2.13. The predicted molar refractivity (Wildman–Crippen MR) is 108 cm³/mol. The Bertz CT molecular complexity index is 281. The Balaban J connectivity index is 3.01. The van der Waals surface area contributed by atoms with Crippen LogP contribution in [0.25, 0.3) is 0 Å². The Morgan fingerprint density at radius 1 is 0.593 bits per heavy atom. The summed E-state index contributed by atoms with van der Waals surface area (Å²) in [6.45, 7) is 17.1. The van der Waals surface area contributed by atoms with Crippen LogP contribution in [0.3, 0.4) is 0 Å². The maximum atomic E-state index is 5.52. The quantitative estimate of drug-likeness (QED) is 0.283. The van der Waals surface area contributed by atoms with Crippen LogP contribution in [0.15, 0.2) is 0 Å². The number of nitrogens with one attached hydrogen (secondary N) is 1. The van der Waals surface area contributed by atoms with E-state index in [9.17, 15) is 0 Å². The molecule has 0 aliphatic carbocycles. The number of ether oxygens (including phenoxy) is 6. The summed E-state index contributed by atoms with van der Waals surface area (Å²) in [4.78, 5) is 0. The molecule has 0 bridgehead atoms. The van der Waals surface area contributed by atoms with Crippen LogP contribution >= 0.6 is 0 Å². The van der Waals surface area contributed by atoms with E-state index in [1.54, 1.807) is 0 Å². The summed E-state index contributed by atoms with van der Waals surface area (Å²) in [5.41, 5.74) is 0. The fourth-order valence-corrected chi connectivity index (χ4v) is 1.94. The number of hydrogen-bond acceptors (Lipinski definition) is 7. The highest BCUT2D eigenvalue weighted by Crippen LogP contribution is 1.94. The normalized spacial score (nSPS) is 12.8. The largest absolute Gasteiger partial charge is 0.378 e. The van der Waals surface area contributed by atoms with Gasteiger partial charge in [-0.15, -0.1) is 0 Å². The van der Waals surface area contributed by atoms with Crippen molar-refractivity contribution in [1.82, 2.24) is 5.32 Å². The van der Waals surface area contributed by atoms with E-state index in [1.165, 1.54) is 0 Å². The third kappa shape index (κ3) is 23.7. The highest BCUT2D eigenvalue weighted by molar-refractivity contribution is 4.50. The van der Waals surface area contributed by atoms with Gasteiger partial charge in [0, 0.05) is 6.54 Å². The van der Waals surface area contributed by atoms with Crippen LogP contribution < -0.4 is 5.32 Å². The lowest BCUT2D eigenvalue weighted by molar-refractivity contribution is -0.0232. The third-order valence-electron chi connectivity index (χ3n) is 3.67. The molecule has 0 saturated heterocycles. The van der Waals surface area contributed by atoms with Gasteiger partial charge in [-0.3, -0.25) is 0 Å². The number of rotatable bonds is 22. The maximum Gasteiger partial charge on any atom is 0.0704 e. The van der Waals surface area contributed by atoms with Gasteiger partial charge in [-0.05, 0) is 25.8 Å². The third-order valence-corrected chi connectivity index (χ3v) is 3.67. The first kappa shape index (κ1) is 26.7. The molecule has 1 atom stereocenters. The van der Waals surface area contributed by atoms with Crippen molar-refractivity contribution < 1.29 is 28.4 Å². The van der Waals surface area contributed by atoms with Gasteiger partial charge in [-0.25, -0.2) is 0 Å². The van der Waals surface area contributed by atoms with E-state index in [-0.39, 0.29) is 0 Å². The molecule has 7 nitrogen and oxygen atoms in total. The average Bonchev–Trinajstić information content (AvgIpc) is 2.65. The van der Waals surface area contributed by atoms with Crippen molar-refractivity contribution in [3.63, 3.8) is 0 Å². The highest BCUT2D eigenvalue weighted by Gasteiger charge is 1.98. The second-order valence-electron chi connectivity index (χ2n) is 6.75. The maximum absolute atomic E-state index is 5.52. The van der Waals surface area contributed by atoms with E-state index in [0.717, 1.165) is 26.1 Å². The molecule has 1 unspecified atom stereocenters. The van der Waals surface area contributed by atoms with Gasteiger partial charge < -0.3 is 33.7 Å². The van der Waals surface area contributed by atoms with Gasteiger partial charge in [0.2, 0.25) is 0 Å². The molecule has 0 aromatic carbocycles. The fraction of sp³-hybridized carbons (Fsp3) is 1.00. The number of hydrogen-bond donors (Lipinski definition) is 1. The molecule has 7 heteroatoms. The molecule has 0 fully saturated rings. The van der Waals surface area contributed by atoms with Gasteiger partial charge >= 0.3 is 0 Å². The second kappa shape index (κ2) is 22.0. The summed E-state index contributed by atoms with van der Waals surface area (Å²) in [5.74, 6) is 0.673. The van der Waals surface area contributed by atoms with Crippen molar-refractivity contribution in [3.05, 3.63) is 0 Å². The van der Waals surface area contributed by atoms with Gasteiger partial charge in [0.1, 0.15) is 0 Å². The van der Waals surface area contributed by atoms with Crippen LogP contribution in [0, 0.1) is 5.92 Å². The molecule has 0 aliphatic heterocycles.